The summed E-state index contributed by atoms with van der Waals surface area (Å²) in [5, 5.41) is 3.56. The van der Waals surface area contributed by atoms with E-state index in [4.69, 9.17) is 4.74 Å². The molecule has 2 unspecified atom stereocenters. The summed E-state index contributed by atoms with van der Waals surface area (Å²) in [4.78, 5) is 0. The van der Waals surface area contributed by atoms with Crippen LogP contribution in [0.5, 0.6) is 5.75 Å². The first kappa shape index (κ1) is 16.0. The molecule has 19 heavy (non-hydrogen) atoms. The second-order valence-electron chi connectivity index (χ2n) is 5.72. The Morgan fingerprint density at radius 2 is 2.00 bits per heavy atom. The lowest BCUT2D eigenvalue weighted by atomic mass is 9.93. The molecule has 1 N–H and O–H groups in total. The molecular formula is C17H29NO. The third-order valence-corrected chi connectivity index (χ3v) is 3.50. The van der Waals surface area contributed by atoms with Gasteiger partial charge in [0.25, 0.3) is 0 Å². The van der Waals surface area contributed by atoms with Gasteiger partial charge in [-0.25, -0.2) is 0 Å². The zero-order chi connectivity index (χ0) is 14.3. The number of hydrogen-bond donors (Lipinski definition) is 1. The summed E-state index contributed by atoms with van der Waals surface area (Å²) < 4.78 is 5.46. The Kier molecular flexibility index (Phi) is 6.93. The van der Waals surface area contributed by atoms with Crippen LogP contribution in [0.15, 0.2) is 18.2 Å². The van der Waals surface area contributed by atoms with Gasteiger partial charge in [0.15, 0.2) is 0 Å². The summed E-state index contributed by atoms with van der Waals surface area (Å²) in [6, 6.07) is 7.03. The molecule has 2 heteroatoms. The highest BCUT2D eigenvalue weighted by atomic mass is 16.5. The molecule has 0 aliphatic heterocycles. The van der Waals surface area contributed by atoms with Crippen LogP contribution in [0.25, 0.3) is 0 Å². The smallest absolute Gasteiger partial charge is 0.122 e. The van der Waals surface area contributed by atoms with Gasteiger partial charge >= 0.3 is 0 Å². The highest BCUT2D eigenvalue weighted by Crippen LogP contribution is 2.24. The van der Waals surface area contributed by atoms with E-state index in [2.05, 4.69) is 51.2 Å². The van der Waals surface area contributed by atoms with Gasteiger partial charge in [-0.15, -0.1) is 0 Å². The third kappa shape index (κ3) is 5.65. The summed E-state index contributed by atoms with van der Waals surface area (Å²) in [6.07, 6.45) is 3.49. The van der Waals surface area contributed by atoms with Crippen molar-refractivity contribution in [1.29, 1.82) is 0 Å². The number of nitrogens with one attached hydrogen (secondary N) is 1. The van der Waals surface area contributed by atoms with Gasteiger partial charge in [0.05, 0.1) is 7.11 Å². The average Bonchev–Trinajstić information content (AvgIpc) is 2.36. The molecule has 0 bridgehead atoms. The molecule has 2 nitrogen and oxygen atoms in total. The van der Waals surface area contributed by atoms with Crippen LogP contribution in [0.1, 0.15) is 44.7 Å². The van der Waals surface area contributed by atoms with Gasteiger partial charge in [-0.2, -0.15) is 0 Å². The molecular weight excluding hydrogens is 234 g/mol. The number of hydrogen-bond acceptors (Lipinski definition) is 2. The maximum Gasteiger partial charge on any atom is 0.122 e. The quantitative estimate of drug-likeness (QED) is 0.766. The van der Waals surface area contributed by atoms with Crippen molar-refractivity contribution in [3.8, 4) is 5.75 Å². The Hall–Kier alpha value is -1.02. The Bertz CT molecular complexity index is 376. The van der Waals surface area contributed by atoms with Crippen molar-refractivity contribution in [2.24, 2.45) is 5.92 Å². The van der Waals surface area contributed by atoms with E-state index < -0.39 is 0 Å². The largest absolute Gasteiger partial charge is 0.496 e. The first-order valence-corrected chi connectivity index (χ1v) is 7.43. The zero-order valence-electron chi connectivity index (χ0n) is 13.1. The van der Waals surface area contributed by atoms with Gasteiger partial charge in [-0.3, -0.25) is 0 Å². The standard InChI is InChI=1S/C17H29NO/c1-6-9-18-15(4)10-14(3)12-16-11-13(2)7-8-17(16)19-5/h7-8,11,14-15,18H,6,9-10,12H2,1-5H3. The van der Waals surface area contributed by atoms with E-state index in [1.165, 1.54) is 24.0 Å². The minimum absolute atomic E-state index is 0.589. The van der Waals surface area contributed by atoms with Gasteiger partial charge in [0.2, 0.25) is 0 Å². The van der Waals surface area contributed by atoms with Crippen molar-refractivity contribution < 1.29 is 4.74 Å². The molecule has 0 aromatic heterocycles. The summed E-state index contributed by atoms with van der Waals surface area (Å²) in [5.41, 5.74) is 2.64. The van der Waals surface area contributed by atoms with E-state index in [0.717, 1.165) is 18.7 Å². The van der Waals surface area contributed by atoms with Crippen molar-refractivity contribution in [2.45, 2.75) is 53.0 Å². The van der Waals surface area contributed by atoms with E-state index in [1.807, 2.05) is 0 Å². The van der Waals surface area contributed by atoms with Crippen LogP contribution < -0.4 is 10.1 Å². The van der Waals surface area contributed by atoms with Crippen LogP contribution >= 0.6 is 0 Å². The third-order valence-electron chi connectivity index (χ3n) is 3.50. The molecule has 0 fully saturated rings. The molecule has 0 heterocycles. The minimum atomic E-state index is 0.589. The molecule has 0 saturated heterocycles. The van der Waals surface area contributed by atoms with E-state index in [0.29, 0.717) is 12.0 Å². The highest BCUT2D eigenvalue weighted by molar-refractivity contribution is 5.37. The number of methoxy groups -OCH3 is 1. The second-order valence-corrected chi connectivity index (χ2v) is 5.72. The highest BCUT2D eigenvalue weighted by Gasteiger charge is 2.12. The van der Waals surface area contributed by atoms with Crippen molar-refractivity contribution in [1.82, 2.24) is 5.32 Å². The van der Waals surface area contributed by atoms with E-state index >= 15 is 0 Å². The number of rotatable bonds is 8. The molecule has 0 spiro atoms. The molecule has 1 aromatic carbocycles. The van der Waals surface area contributed by atoms with Crippen molar-refractivity contribution >= 4 is 0 Å². The van der Waals surface area contributed by atoms with Gasteiger partial charge in [0, 0.05) is 6.04 Å². The summed E-state index contributed by atoms with van der Waals surface area (Å²) in [6.45, 7) is 10.1. The number of ether oxygens (including phenoxy) is 1. The Morgan fingerprint density at radius 1 is 1.26 bits per heavy atom. The predicted molar refractivity (Wildman–Crippen MR) is 83.0 cm³/mol. The van der Waals surface area contributed by atoms with Gasteiger partial charge in [-0.1, -0.05) is 31.5 Å². The zero-order valence-corrected chi connectivity index (χ0v) is 13.1. The number of aryl methyl sites for hydroxylation is 1. The maximum absolute atomic E-state index is 5.46. The van der Waals surface area contributed by atoms with Crippen LogP contribution in [0.4, 0.5) is 0 Å². The van der Waals surface area contributed by atoms with Crippen molar-refractivity contribution in [3.05, 3.63) is 29.3 Å². The summed E-state index contributed by atoms with van der Waals surface area (Å²) >= 11 is 0. The van der Waals surface area contributed by atoms with Crippen molar-refractivity contribution in [2.75, 3.05) is 13.7 Å². The Balaban J connectivity index is 2.56. The number of benzene rings is 1. The van der Waals surface area contributed by atoms with Crippen LogP contribution in [0, 0.1) is 12.8 Å². The molecule has 0 amide bonds. The molecule has 0 saturated carbocycles. The fourth-order valence-corrected chi connectivity index (χ4v) is 2.60. The van der Waals surface area contributed by atoms with E-state index in [-0.39, 0.29) is 0 Å². The lowest BCUT2D eigenvalue weighted by Gasteiger charge is -2.19. The fourth-order valence-electron chi connectivity index (χ4n) is 2.60. The first-order valence-electron chi connectivity index (χ1n) is 7.43. The summed E-state index contributed by atoms with van der Waals surface area (Å²) in [7, 11) is 1.75. The van der Waals surface area contributed by atoms with Crippen LogP contribution in [-0.4, -0.2) is 19.7 Å². The van der Waals surface area contributed by atoms with Crippen LogP contribution in [0.2, 0.25) is 0 Å². The van der Waals surface area contributed by atoms with Gasteiger partial charge in [-0.05, 0) is 57.2 Å². The van der Waals surface area contributed by atoms with E-state index in [1.54, 1.807) is 7.11 Å². The lowest BCUT2D eigenvalue weighted by Crippen LogP contribution is -2.28. The van der Waals surface area contributed by atoms with Crippen LogP contribution in [0.3, 0.4) is 0 Å². The molecule has 0 radical (unpaired) electrons. The molecule has 0 aliphatic rings. The molecule has 2 atom stereocenters. The lowest BCUT2D eigenvalue weighted by molar-refractivity contribution is 0.392. The first-order chi connectivity index (χ1) is 9.06. The molecule has 1 aromatic rings. The van der Waals surface area contributed by atoms with Crippen molar-refractivity contribution in [3.63, 3.8) is 0 Å². The van der Waals surface area contributed by atoms with Crippen LogP contribution in [-0.2, 0) is 6.42 Å². The molecule has 1 rings (SSSR count). The Labute approximate surface area is 118 Å². The predicted octanol–water partition coefficient (Wildman–Crippen LogP) is 3.96. The van der Waals surface area contributed by atoms with Gasteiger partial charge in [0.1, 0.15) is 5.75 Å². The maximum atomic E-state index is 5.46. The topological polar surface area (TPSA) is 21.3 Å². The normalized spacial score (nSPS) is 14.2. The SMILES string of the molecule is CCCNC(C)CC(C)Cc1cc(C)ccc1OC. The molecule has 0 aliphatic carbocycles. The average molecular weight is 263 g/mol. The second kappa shape index (κ2) is 8.21. The summed E-state index contributed by atoms with van der Waals surface area (Å²) in [5.74, 6) is 1.68. The fraction of sp³-hybridized carbons (Fsp3) is 0.647. The molecule has 108 valence electrons. The monoisotopic (exact) mass is 263 g/mol. The minimum Gasteiger partial charge on any atom is -0.496 e. The van der Waals surface area contributed by atoms with Gasteiger partial charge < -0.3 is 10.1 Å². The Morgan fingerprint density at radius 3 is 2.63 bits per heavy atom. The van der Waals surface area contributed by atoms with E-state index in [9.17, 15) is 0 Å².